The van der Waals surface area contributed by atoms with Gasteiger partial charge in [-0.3, -0.25) is 0 Å². The Balaban J connectivity index is 1.27. The van der Waals surface area contributed by atoms with Gasteiger partial charge in [-0.1, -0.05) is 152 Å². The molecule has 3 aromatic heterocycles. The topological polar surface area (TPSA) is 80.3 Å². The van der Waals surface area contributed by atoms with E-state index in [9.17, 15) is 18.4 Å². The van der Waals surface area contributed by atoms with Crippen LogP contribution in [0.3, 0.4) is 0 Å². The van der Waals surface area contributed by atoms with Crippen molar-refractivity contribution < 1.29 is 13.2 Å². The molecule has 68 heavy (non-hydrogen) atoms. The van der Waals surface area contributed by atoms with Gasteiger partial charge in [0.1, 0.15) is 0 Å². The predicted octanol–water partition coefficient (Wildman–Crippen LogP) is 15.2. The summed E-state index contributed by atoms with van der Waals surface area (Å²) in [7, 11) is 0. The third-order valence-corrected chi connectivity index (χ3v) is 12.1. The van der Waals surface area contributed by atoms with Gasteiger partial charge in [-0.15, -0.1) is 0 Å². The van der Waals surface area contributed by atoms with Gasteiger partial charge in [-0.05, 0) is 78.2 Å². The average Bonchev–Trinajstić information content (AvgIpc) is 3.71. The van der Waals surface area contributed by atoms with Crippen LogP contribution in [-0.2, 0) is 6.18 Å². The highest BCUT2D eigenvalue weighted by atomic mass is 19.4. The quantitative estimate of drug-likeness (QED) is 0.152. The number of halogens is 3. The fourth-order valence-corrected chi connectivity index (χ4v) is 8.95. The van der Waals surface area contributed by atoms with E-state index in [0.717, 1.165) is 44.1 Å². The number of nitriles is 1. The Bertz CT molecular complexity index is 3470. The highest BCUT2D eigenvalue weighted by Gasteiger charge is 2.31. The molecule has 0 amide bonds. The summed E-state index contributed by atoms with van der Waals surface area (Å²) in [6.07, 6.45) is -4.51. The molecular formula is C59H37F3N6. The van der Waals surface area contributed by atoms with Gasteiger partial charge >= 0.3 is 6.18 Å². The normalized spacial score (nSPS) is 11.5. The Morgan fingerprint density at radius 2 is 0.926 bits per heavy atom. The maximum absolute atomic E-state index is 14.2. The first-order chi connectivity index (χ1) is 33.2. The number of fused-ring (bicyclic) bond motifs is 3. The molecule has 0 saturated carbocycles. The van der Waals surface area contributed by atoms with Gasteiger partial charge < -0.3 is 4.57 Å². The molecule has 0 unspecified atom stereocenters. The van der Waals surface area contributed by atoms with E-state index in [1.54, 1.807) is 13.0 Å². The molecular weight excluding hydrogens is 850 g/mol. The summed E-state index contributed by atoms with van der Waals surface area (Å²) < 4.78 is 44.6. The van der Waals surface area contributed by atoms with E-state index in [0.29, 0.717) is 73.5 Å². The lowest BCUT2D eigenvalue weighted by Crippen LogP contribution is -2.06. The molecule has 324 valence electrons. The zero-order valence-corrected chi connectivity index (χ0v) is 36.4. The Morgan fingerprint density at radius 3 is 1.51 bits per heavy atom. The fourth-order valence-electron chi connectivity index (χ4n) is 8.95. The number of rotatable bonds is 8. The Hall–Kier alpha value is -9.00. The smallest absolute Gasteiger partial charge is 0.308 e. The molecule has 6 nitrogen and oxygen atoms in total. The maximum atomic E-state index is 14.2. The number of alkyl halides is 3. The Labute approximate surface area is 390 Å². The lowest BCUT2D eigenvalue weighted by Gasteiger charge is -2.20. The van der Waals surface area contributed by atoms with Crippen LogP contribution in [0.2, 0.25) is 0 Å². The third-order valence-electron chi connectivity index (χ3n) is 12.1. The van der Waals surface area contributed by atoms with E-state index in [1.807, 2.05) is 188 Å². The zero-order valence-electron chi connectivity index (χ0n) is 36.4. The van der Waals surface area contributed by atoms with E-state index in [2.05, 4.69) is 10.6 Å². The molecule has 11 aromatic rings. The fraction of sp³-hybridized carbons (Fsp3) is 0.0339. The number of aryl methyl sites for hydroxylation is 1. The van der Waals surface area contributed by atoms with Crippen molar-refractivity contribution in [2.45, 2.75) is 13.1 Å². The zero-order chi connectivity index (χ0) is 46.4. The van der Waals surface area contributed by atoms with Crippen LogP contribution in [0.1, 0.15) is 16.7 Å². The lowest BCUT2D eigenvalue weighted by molar-refractivity contribution is -0.137. The standard InChI is InChI=1S/C59H37F3N6/c1-37-28-44(32-45(29-37)59(60,61)62)43-26-27-55-47(33-43)46-24-14-15-25-54(46)68(55)56-48(53-35-52(41-20-10-4-11-21-41)64-57(67-53)42-22-12-5-13-23-42)30-38(36-63)31-49(56)58-65-50(39-16-6-2-7-17-39)34-51(66-58)40-18-8-3-9-19-40/h2-35H,1H3. The van der Waals surface area contributed by atoms with Gasteiger partial charge in [-0.25, -0.2) is 19.9 Å². The number of hydrogen-bond donors (Lipinski definition) is 0. The molecule has 0 fully saturated rings. The van der Waals surface area contributed by atoms with Crippen LogP contribution in [0.15, 0.2) is 206 Å². The van der Waals surface area contributed by atoms with Gasteiger partial charge in [-0.2, -0.15) is 18.4 Å². The Kier molecular flexibility index (Phi) is 10.5. The summed E-state index contributed by atoms with van der Waals surface area (Å²) in [5.74, 6) is 0.870. The maximum Gasteiger partial charge on any atom is 0.416 e. The van der Waals surface area contributed by atoms with Crippen LogP contribution in [0.4, 0.5) is 13.2 Å². The second kappa shape index (κ2) is 17.1. The molecule has 11 rings (SSSR count). The van der Waals surface area contributed by atoms with Crippen LogP contribution < -0.4 is 0 Å². The van der Waals surface area contributed by atoms with Crippen molar-refractivity contribution in [2.24, 2.45) is 0 Å². The average molecular weight is 887 g/mol. The van der Waals surface area contributed by atoms with Gasteiger partial charge in [0.2, 0.25) is 0 Å². The van der Waals surface area contributed by atoms with E-state index < -0.39 is 11.7 Å². The van der Waals surface area contributed by atoms with Gasteiger partial charge in [0, 0.05) is 44.2 Å². The minimum absolute atomic E-state index is 0.359. The molecule has 0 spiro atoms. The number of nitrogens with zero attached hydrogens (tertiary/aromatic N) is 6. The first-order valence-corrected chi connectivity index (χ1v) is 22.0. The molecule has 0 aliphatic carbocycles. The van der Waals surface area contributed by atoms with E-state index >= 15 is 0 Å². The van der Waals surface area contributed by atoms with Crippen molar-refractivity contribution >= 4 is 21.8 Å². The number of aromatic nitrogens is 5. The molecule has 0 radical (unpaired) electrons. The first-order valence-electron chi connectivity index (χ1n) is 22.0. The monoisotopic (exact) mass is 886 g/mol. The van der Waals surface area contributed by atoms with E-state index in [4.69, 9.17) is 19.9 Å². The van der Waals surface area contributed by atoms with Gasteiger partial charge in [0.15, 0.2) is 11.6 Å². The molecule has 3 heterocycles. The molecule has 8 aromatic carbocycles. The molecule has 0 bridgehead atoms. The first kappa shape index (κ1) is 41.7. The third kappa shape index (κ3) is 7.84. The van der Waals surface area contributed by atoms with Crippen molar-refractivity contribution in [3.8, 4) is 90.7 Å². The van der Waals surface area contributed by atoms with E-state index in [1.165, 1.54) is 12.1 Å². The summed E-state index contributed by atoms with van der Waals surface area (Å²) in [6, 6.07) is 67.4. The number of hydrogen-bond acceptors (Lipinski definition) is 5. The molecule has 0 saturated heterocycles. The van der Waals surface area contributed by atoms with Gasteiger partial charge in [0.05, 0.1) is 56.7 Å². The SMILES string of the molecule is Cc1cc(-c2ccc3c(c2)c2ccccc2n3-c2c(-c3cc(-c4ccccc4)nc(-c4ccccc4)n3)cc(C#N)cc2-c2nc(-c3ccccc3)cc(-c3ccccc3)n2)cc(C(F)(F)F)c1. The van der Waals surface area contributed by atoms with E-state index in [-0.39, 0.29) is 0 Å². The molecule has 0 atom stereocenters. The second-order valence-electron chi connectivity index (χ2n) is 16.6. The largest absolute Gasteiger partial charge is 0.416 e. The van der Waals surface area contributed by atoms with Crippen LogP contribution in [0.5, 0.6) is 0 Å². The summed E-state index contributed by atoms with van der Waals surface area (Å²) >= 11 is 0. The van der Waals surface area contributed by atoms with Crippen molar-refractivity contribution in [3.05, 3.63) is 223 Å². The highest BCUT2D eigenvalue weighted by molar-refractivity contribution is 6.11. The highest BCUT2D eigenvalue weighted by Crippen LogP contribution is 2.44. The lowest BCUT2D eigenvalue weighted by atomic mass is 9.97. The minimum atomic E-state index is -4.51. The summed E-state index contributed by atoms with van der Waals surface area (Å²) in [5.41, 5.74) is 10.7. The van der Waals surface area contributed by atoms with Crippen LogP contribution >= 0.6 is 0 Å². The van der Waals surface area contributed by atoms with Crippen molar-refractivity contribution in [3.63, 3.8) is 0 Å². The van der Waals surface area contributed by atoms with Crippen molar-refractivity contribution in [1.82, 2.24) is 24.5 Å². The van der Waals surface area contributed by atoms with Crippen LogP contribution in [-0.4, -0.2) is 24.5 Å². The van der Waals surface area contributed by atoms with Crippen LogP contribution in [0, 0.1) is 18.3 Å². The molecule has 9 heteroatoms. The summed E-state index contributed by atoms with van der Waals surface area (Å²) in [5, 5.41) is 12.6. The van der Waals surface area contributed by atoms with Crippen molar-refractivity contribution in [1.29, 1.82) is 5.26 Å². The minimum Gasteiger partial charge on any atom is -0.308 e. The molecule has 0 N–H and O–H groups in total. The van der Waals surface area contributed by atoms with Crippen LogP contribution in [0.25, 0.3) is 106 Å². The predicted molar refractivity (Wildman–Crippen MR) is 264 cm³/mol. The molecule has 0 aliphatic heterocycles. The number of benzene rings is 8. The summed E-state index contributed by atoms with van der Waals surface area (Å²) in [6.45, 7) is 1.68. The number of para-hydroxylation sites is 1. The van der Waals surface area contributed by atoms with Crippen molar-refractivity contribution in [2.75, 3.05) is 0 Å². The van der Waals surface area contributed by atoms with Gasteiger partial charge in [0.25, 0.3) is 0 Å². The second-order valence-corrected chi connectivity index (χ2v) is 16.6. The molecule has 0 aliphatic rings. The summed E-state index contributed by atoms with van der Waals surface area (Å²) in [4.78, 5) is 21.0. The Morgan fingerprint density at radius 1 is 0.426 bits per heavy atom.